The Labute approximate surface area is 230 Å². The van der Waals surface area contributed by atoms with Crippen molar-refractivity contribution >= 4 is 18.0 Å². The van der Waals surface area contributed by atoms with Crippen LogP contribution in [-0.4, -0.2) is 49.9 Å². The fourth-order valence-electron chi connectivity index (χ4n) is 3.61. The van der Waals surface area contributed by atoms with E-state index >= 15 is 0 Å². The Bertz CT molecular complexity index is 1080. The zero-order valence-electron chi connectivity index (χ0n) is 23.8. The van der Waals surface area contributed by atoms with Crippen LogP contribution in [0.4, 0.5) is 4.79 Å². The molecular formula is C29H42N4O6. The second-order valence-electron chi connectivity index (χ2n) is 11.7. The van der Waals surface area contributed by atoms with Crippen molar-refractivity contribution in [3.63, 3.8) is 0 Å². The lowest BCUT2D eigenvalue weighted by Gasteiger charge is -2.29. The third kappa shape index (κ3) is 11.8. The molecule has 2 aromatic carbocycles. The number of hydrogen-bond donors (Lipinski definition) is 4. The largest absolute Gasteiger partial charge is 0.461 e. The van der Waals surface area contributed by atoms with E-state index in [1.165, 1.54) is 0 Å². The number of rotatable bonds is 13. The first-order chi connectivity index (χ1) is 18.2. The maximum Gasteiger partial charge on any atom is 0.422 e. The molecule has 214 valence electrons. The topological polar surface area (TPSA) is 141 Å². The number of amides is 1. The Morgan fingerprint density at radius 3 is 1.90 bits per heavy atom. The van der Waals surface area contributed by atoms with Crippen molar-refractivity contribution in [3.8, 4) is 0 Å². The van der Waals surface area contributed by atoms with E-state index in [0.717, 1.165) is 5.56 Å². The van der Waals surface area contributed by atoms with E-state index in [0.29, 0.717) is 30.6 Å². The fourth-order valence-corrected chi connectivity index (χ4v) is 3.61. The van der Waals surface area contributed by atoms with Crippen molar-refractivity contribution in [2.24, 2.45) is 16.7 Å². The molecule has 0 bridgehead atoms. The quantitative estimate of drug-likeness (QED) is 0.129. The summed E-state index contributed by atoms with van der Waals surface area (Å²) in [7, 11) is 0. The normalized spacial score (nSPS) is 13.2. The van der Waals surface area contributed by atoms with Gasteiger partial charge in [-0.05, 0) is 57.0 Å². The number of benzene rings is 2. The molecule has 0 aliphatic heterocycles. The summed E-state index contributed by atoms with van der Waals surface area (Å²) in [6, 6.07) is 15.9. The first kappa shape index (κ1) is 31.7. The second-order valence-corrected chi connectivity index (χ2v) is 11.7. The predicted molar refractivity (Wildman–Crippen MR) is 149 cm³/mol. The lowest BCUT2D eigenvalue weighted by atomic mass is 9.84. The lowest BCUT2D eigenvalue weighted by Crippen LogP contribution is -2.46. The minimum Gasteiger partial charge on any atom is -0.461 e. The van der Waals surface area contributed by atoms with Gasteiger partial charge in [0, 0.05) is 23.9 Å². The predicted octanol–water partition coefficient (Wildman–Crippen LogP) is 3.77. The minimum atomic E-state index is -0.596. The smallest absolute Gasteiger partial charge is 0.422 e. The van der Waals surface area contributed by atoms with Crippen molar-refractivity contribution in [2.45, 2.75) is 53.6 Å². The van der Waals surface area contributed by atoms with E-state index in [-0.39, 0.29) is 13.2 Å². The van der Waals surface area contributed by atoms with Crippen LogP contribution < -0.4 is 22.1 Å². The highest BCUT2D eigenvalue weighted by molar-refractivity contribution is 5.89. The zero-order valence-corrected chi connectivity index (χ0v) is 23.8. The van der Waals surface area contributed by atoms with Gasteiger partial charge in [-0.2, -0.15) is 0 Å². The molecule has 0 radical (unpaired) electrons. The summed E-state index contributed by atoms with van der Waals surface area (Å²) in [6.07, 6.45) is -0.0131. The molecule has 1 atom stereocenters. The molecule has 0 fully saturated rings. The number of nitrogens with one attached hydrogen (secondary N) is 3. The Morgan fingerprint density at radius 2 is 1.33 bits per heavy atom. The third-order valence-corrected chi connectivity index (χ3v) is 5.66. The van der Waals surface area contributed by atoms with Gasteiger partial charge in [0.15, 0.2) is 0 Å². The van der Waals surface area contributed by atoms with Crippen LogP contribution in [-0.2, 0) is 20.6 Å². The third-order valence-electron chi connectivity index (χ3n) is 5.66. The van der Waals surface area contributed by atoms with Gasteiger partial charge in [0.05, 0.1) is 24.3 Å². The fraction of sp³-hybridized carbons (Fsp3) is 0.483. The monoisotopic (exact) mass is 542 g/mol. The van der Waals surface area contributed by atoms with Crippen LogP contribution in [0.25, 0.3) is 0 Å². The van der Waals surface area contributed by atoms with Gasteiger partial charge in [-0.1, -0.05) is 51.1 Å². The molecule has 0 saturated heterocycles. The summed E-state index contributed by atoms with van der Waals surface area (Å²) in [5.41, 5.74) is 8.33. The molecule has 0 aliphatic carbocycles. The first-order valence-corrected chi connectivity index (χ1v) is 12.9. The number of hydrazine groups is 2. The summed E-state index contributed by atoms with van der Waals surface area (Å²) in [5.74, 6) is 4.77. The van der Waals surface area contributed by atoms with Crippen molar-refractivity contribution in [3.05, 3.63) is 71.3 Å². The van der Waals surface area contributed by atoms with Crippen LogP contribution >= 0.6 is 0 Å². The highest BCUT2D eigenvalue weighted by Crippen LogP contribution is 2.24. The molecule has 10 heteroatoms. The van der Waals surface area contributed by atoms with Gasteiger partial charge in [0.2, 0.25) is 0 Å². The summed E-state index contributed by atoms with van der Waals surface area (Å²) in [5, 5.41) is 0. The van der Waals surface area contributed by atoms with Gasteiger partial charge in [0.25, 0.3) is 0 Å². The second kappa shape index (κ2) is 14.1. The van der Waals surface area contributed by atoms with E-state index in [1.54, 1.807) is 57.2 Å². The van der Waals surface area contributed by atoms with E-state index < -0.39 is 34.5 Å². The molecule has 0 aromatic heterocycles. The maximum atomic E-state index is 12.6. The average molecular weight is 543 g/mol. The molecule has 0 aliphatic rings. The van der Waals surface area contributed by atoms with Crippen LogP contribution in [0.3, 0.4) is 0 Å². The molecule has 5 N–H and O–H groups in total. The van der Waals surface area contributed by atoms with Gasteiger partial charge in [0.1, 0.15) is 5.60 Å². The Kier molecular flexibility index (Phi) is 11.5. The van der Waals surface area contributed by atoms with E-state index in [9.17, 15) is 14.4 Å². The molecule has 39 heavy (non-hydrogen) atoms. The van der Waals surface area contributed by atoms with E-state index in [1.807, 2.05) is 39.0 Å². The SMILES string of the molecule is CC(C)(CNNC(=O)OC(C)(C)C)COC(=O)c1ccc(CC(C)(CNN)COC(=O)c2ccccc2)cc1. The van der Waals surface area contributed by atoms with Gasteiger partial charge in [-0.15, -0.1) is 0 Å². The average Bonchev–Trinajstić information content (AvgIpc) is 2.86. The van der Waals surface area contributed by atoms with E-state index in [4.69, 9.17) is 20.1 Å². The van der Waals surface area contributed by atoms with Crippen LogP contribution in [0.2, 0.25) is 0 Å². The molecule has 1 unspecified atom stereocenters. The van der Waals surface area contributed by atoms with Crippen molar-refractivity contribution in [1.82, 2.24) is 16.3 Å². The molecule has 2 aromatic rings. The molecular weight excluding hydrogens is 500 g/mol. The minimum absolute atomic E-state index is 0.142. The van der Waals surface area contributed by atoms with Gasteiger partial charge >= 0.3 is 18.0 Å². The van der Waals surface area contributed by atoms with Crippen molar-refractivity contribution < 1.29 is 28.6 Å². The van der Waals surface area contributed by atoms with Crippen molar-refractivity contribution in [1.29, 1.82) is 0 Å². The standard InChI is InChI=1S/C29H42N4O6/c1-27(2,3)39-26(36)33-32-17-28(4,5)19-37-25(35)23-14-12-21(13-15-23)16-29(6,18-31-30)20-38-24(34)22-10-8-7-9-11-22/h7-15,31-32H,16-20,30H2,1-6H3,(H,33,36). The van der Waals surface area contributed by atoms with Crippen LogP contribution in [0.1, 0.15) is 67.8 Å². The first-order valence-electron chi connectivity index (χ1n) is 12.9. The summed E-state index contributed by atoms with van der Waals surface area (Å²) >= 11 is 0. The van der Waals surface area contributed by atoms with E-state index in [2.05, 4.69) is 16.3 Å². The van der Waals surface area contributed by atoms with Gasteiger partial charge in [-0.3, -0.25) is 16.7 Å². The number of esters is 2. The molecule has 0 saturated carbocycles. The van der Waals surface area contributed by atoms with Crippen LogP contribution in [0, 0.1) is 10.8 Å². The van der Waals surface area contributed by atoms with Gasteiger partial charge < -0.3 is 14.2 Å². The highest BCUT2D eigenvalue weighted by atomic mass is 16.6. The summed E-state index contributed by atoms with van der Waals surface area (Å²) < 4.78 is 16.2. The Balaban J connectivity index is 1.87. The highest BCUT2D eigenvalue weighted by Gasteiger charge is 2.27. The Morgan fingerprint density at radius 1 is 0.769 bits per heavy atom. The molecule has 2 rings (SSSR count). The number of carbonyl (C=O) groups excluding carboxylic acids is 3. The summed E-state index contributed by atoms with van der Waals surface area (Å²) in [4.78, 5) is 36.8. The number of hydrogen-bond acceptors (Lipinski definition) is 9. The van der Waals surface area contributed by atoms with Crippen LogP contribution in [0.15, 0.2) is 54.6 Å². The number of carbonyl (C=O) groups is 3. The lowest BCUT2D eigenvalue weighted by molar-refractivity contribution is 0.0306. The van der Waals surface area contributed by atoms with Gasteiger partial charge in [-0.25, -0.2) is 19.8 Å². The molecule has 0 heterocycles. The van der Waals surface area contributed by atoms with Crippen LogP contribution in [0.5, 0.6) is 0 Å². The maximum absolute atomic E-state index is 12.6. The number of nitrogens with two attached hydrogens (primary N) is 1. The molecule has 10 nitrogen and oxygen atoms in total. The molecule has 1 amide bonds. The summed E-state index contributed by atoms with van der Waals surface area (Å²) in [6.45, 7) is 12.2. The Hall–Kier alpha value is -3.47. The zero-order chi connectivity index (χ0) is 29.1. The number of ether oxygens (including phenoxy) is 3. The molecule has 0 spiro atoms. The van der Waals surface area contributed by atoms with Crippen molar-refractivity contribution in [2.75, 3.05) is 26.3 Å².